The fourth-order valence-corrected chi connectivity index (χ4v) is 3.86. The molecule has 0 saturated heterocycles. The highest BCUT2D eigenvalue weighted by molar-refractivity contribution is 7.89. The van der Waals surface area contributed by atoms with Gasteiger partial charge >= 0.3 is 0 Å². The summed E-state index contributed by atoms with van der Waals surface area (Å²) in [7, 11) is -3.47. The Morgan fingerprint density at radius 3 is 2.36 bits per heavy atom. The number of sulfonamides is 1. The van der Waals surface area contributed by atoms with Gasteiger partial charge in [-0.25, -0.2) is 13.1 Å². The maximum absolute atomic E-state index is 12.2. The standard InChI is InChI=1S/C16H23N3O2S/c1-12-7-9-15(10-8-12)6-4-5-11-17-22(20,21)16-13(2)18-19-14(16)3/h7-10,17H,4-6,11H2,1-3H3,(H,18,19). The van der Waals surface area contributed by atoms with Crippen molar-refractivity contribution in [1.29, 1.82) is 0 Å². The zero-order valence-corrected chi connectivity index (χ0v) is 14.1. The molecule has 0 atom stereocenters. The number of benzene rings is 1. The van der Waals surface area contributed by atoms with Crippen molar-refractivity contribution in [3.05, 3.63) is 46.8 Å². The topological polar surface area (TPSA) is 74.8 Å². The van der Waals surface area contributed by atoms with Crippen LogP contribution in [-0.2, 0) is 16.4 Å². The number of aromatic nitrogens is 2. The molecule has 120 valence electrons. The van der Waals surface area contributed by atoms with Gasteiger partial charge in [0.1, 0.15) is 4.90 Å². The predicted molar refractivity (Wildman–Crippen MR) is 87.4 cm³/mol. The third kappa shape index (κ3) is 4.18. The first-order chi connectivity index (χ1) is 10.4. The van der Waals surface area contributed by atoms with Crippen molar-refractivity contribution in [2.75, 3.05) is 6.54 Å². The van der Waals surface area contributed by atoms with Gasteiger partial charge in [0.15, 0.2) is 0 Å². The minimum absolute atomic E-state index is 0.269. The van der Waals surface area contributed by atoms with E-state index in [2.05, 4.69) is 46.1 Å². The van der Waals surface area contributed by atoms with E-state index in [1.165, 1.54) is 11.1 Å². The van der Waals surface area contributed by atoms with E-state index in [1.54, 1.807) is 13.8 Å². The van der Waals surface area contributed by atoms with Crippen molar-refractivity contribution in [3.63, 3.8) is 0 Å². The predicted octanol–water partition coefficient (Wildman–Crippen LogP) is 2.64. The average molecular weight is 321 g/mol. The van der Waals surface area contributed by atoms with Crippen LogP contribution in [0.4, 0.5) is 0 Å². The second kappa shape index (κ2) is 7.07. The van der Waals surface area contributed by atoms with E-state index in [-0.39, 0.29) is 4.90 Å². The van der Waals surface area contributed by atoms with Gasteiger partial charge < -0.3 is 0 Å². The van der Waals surface area contributed by atoms with Crippen LogP contribution in [-0.4, -0.2) is 25.2 Å². The third-order valence-electron chi connectivity index (χ3n) is 3.63. The number of aryl methyl sites for hydroxylation is 4. The molecular formula is C16H23N3O2S. The normalized spacial score (nSPS) is 11.8. The van der Waals surface area contributed by atoms with Crippen LogP contribution >= 0.6 is 0 Å². The van der Waals surface area contributed by atoms with Crippen molar-refractivity contribution in [3.8, 4) is 0 Å². The molecule has 0 aliphatic heterocycles. The molecule has 0 unspecified atom stereocenters. The van der Waals surface area contributed by atoms with Crippen molar-refractivity contribution < 1.29 is 8.42 Å². The highest BCUT2D eigenvalue weighted by Crippen LogP contribution is 2.16. The van der Waals surface area contributed by atoms with Crippen LogP contribution in [0, 0.1) is 20.8 Å². The molecule has 6 heteroatoms. The lowest BCUT2D eigenvalue weighted by molar-refractivity contribution is 0.575. The monoisotopic (exact) mass is 321 g/mol. The van der Waals surface area contributed by atoms with Crippen molar-refractivity contribution >= 4 is 10.0 Å². The molecule has 0 bridgehead atoms. The number of aromatic amines is 1. The Morgan fingerprint density at radius 1 is 1.09 bits per heavy atom. The van der Waals surface area contributed by atoms with Crippen LogP contribution in [0.2, 0.25) is 0 Å². The molecule has 1 heterocycles. The first kappa shape index (κ1) is 16.7. The lowest BCUT2D eigenvalue weighted by Gasteiger charge is -2.07. The van der Waals surface area contributed by atoms with E-state index in [0.29, 0.717) is 17.9 Å². The summed E-state index contributed by atoms with van der Waals surface area (Å²) in [5.41, 5.74) is 3.62. The summed E-state index contributed by atoms with van der Waals surface area (Å²) in [5.74, 6) is 0. The highest BCUT2D eigenvalue weighted by atomic mass is 32.2. The lowest BCUT2D eigenvalue weighted by Crippen LogP contribution is -2.25. The Labute approximate surface area is 132 Å². The van der Waals surface area contributed by atoms with Crippen LogP contribution in [0.3, 0.4) is 0 Å². The molecule has 2 rings (SSSR count). The number of H-pyrrole nitrogens is 1. The Balaban J connectivity index is 1.80. The molecule has 1 aromatic heterocycles. The Morgan fingerprint density at radius 2 is 1.77 bits per heavy atom. The molecule has 0 radical (unpaired) electrons. The minimum atomic E-state index is -3.47. The van der Waals surface area contributed by atoms with E-state index >= 15 is 0 Å². The smallest absolute Gasteiger partial charge is 0.244 e. The van der Waals surface area contributed by atoms with Gasteiger partial charge in [-0.15, -0.1) is 0 Å². The second-order valence-corrected chi connectivity index (χ2v) is 7.31. The molecule has 0 aliphatic rings. The summed E-state index contributed by atoms with van der Waals surface area (Å²) in [6.07, 6.45) is 2.73. The average Bonchev–Trinajstić information content (AvgIpc) is 2.80. The number of nitrogens with one attached hydrogen (secondary N) is 2. The Kier molecular flexibility index (Phi) is 5.37. The van der Waals surface area contributed by atoms with Gasteiger partial charge in [-0.1, -0.05) is 29.8 Å². The Hall–Kier alpha value is -1.66. The Bertz CT molecular complexity index is 699. The highest BCUT2D eigenvalue weighted by Gasteiger charge is 2.21. The molecule has 2 aromatic rings. The molecule has 5 nitrogen and oxygen atoms in total. The molecule has 0 amide bonds. The zero-order valence-electron chi connectivity index (χ0n) is 13.3. The first-order valence-electron chi connectivity index (χ1n) is 7.47. The number of hydrogen-bond acceptors (Lipinski definition) is 3. The molecular weight excluding hydrogens is 298 g/mol. The van der Waals surface area contributed by atoms with Gasteiger partial charge in [-0.05, 0) is 45.6 Å². The van der Waals surface area contributed by atoms with Gasteiger partial charge in [0.05, 0.1) is 11.4 Å². The molecule has 0 fully saturated rings. The number of unbranched alkanes of at least 4 members (excludes halogenated alkanes) is 1. The van der Waals surface area contributed by atoms with E-state index < -0.39 is 10.0 Å². The summed E-state index contributed by atoms with van der Waals surface area (Å²) < 4.78 is 27.1. The third-order valence-corrected chi connectivity index (χ3v) is 5.36. The summed E-state index contributed by atoms with van der Waals surface area (Å²) in [6.45, 7) is 5.91. The van der Waals surface area contributed by atoms with Crippen LogP contribution in [0.15, 0.2) is 29.2 Å². The van der Waals surface area contributed by atoms with Gasteiger partial charge in [-0.3, -0.25) is 5.10 Å². The SMILES string of the molecule is Cc1ccc(CCCCNS(=O)(=O)c2c(C)n[nH]c2C)cc1. The van der Waals surface area contributed by atoms with Crippen molar-refractivity contribution in [2.45, 2.75) is 44.9 Å². The molecule has 0 spiro atoms. The van der Waals surface area contributed by atoms with Crippen LogP contribution in [0.1, 0.15) is 35.4 Å². The zero-order chi connectivity index (χ0) is 16.2. The van der Waals surface area contributed by atoms with Crippen LogP contribution in [0.25, 0.3) is 0 Å². The van der Waals surface area contributed by atoms with E-state index in [4.69, 9.17) is 0 Å². The number of nitrogens with zero attached hydrogens (tertiary/aromatic N) is 1. The number of hydrogen-bond donors (Lipinski definition) is 2. The van der Waals surface area contributed by atoms with Crippen molar-refractivity contribution in [2.24, 2.45) is 0 Å². The fourth-order valence-electron chi connectivity index (χ4n) is 2.42. The maximum Gasteiger partial charge on any atom is 0.244 e. The molecule has 0 saturated carbocycles. The summed E-state index contributed by atoms with van der Waals surface area (Å²) in [5, 5.41) is 6.63. The minimum Gasteiger partial charge on any atom is -0.281 e. The second-order valence-electron chi connectivity index (χ2n) is 5.60. The molecule has 1 aromatic carbocycles. The lowest BCUT2D eigenvalue weighted by atomic mass is 10.1. The quantitative estimate of drug-likeness (QED) is 0.770. The van der Waals surface area contributed by atoms with Crippen LogP contribution < -0.4 is 4.72 Å². The van der Waals surface area contributed by atoms with E-state index in [1.807, 2.05) is 0 Å². The molecule has 22 heavy (non-hydrogen) atoms. The van der Waals surface area contributed by atoms with Gasteiger partial charge in [0, 0.05) is 6.54 Å². The van der Waals surface area contributed by atoms with Gasteiger partial charge in [0.2, 0.25) is 10.0 Å². The van der Waals surface area contributed by atoms with Crippen molar-refractivity contribution in [1.82, 2.24) is 14.9 Å². The fraction of sp³-hybridized carbons (Fsp3) is 0.438. The van der Waals surface area contributed by atoms with Gasteiger partial charge in [-0.2, -0.15) is 5.10 Å². The first-order valence-corrected chi connectivity index (χ1v) is 8.95. The summed E-state index contributed by atoms with van der Waals surface area (Å²) in [4.78, 5) is 0.269. The largest absolute Gasteiger partial charge is 0.281 e. The number of rotatable bonds is 7. The summed E-state index contributed by atoms with van der Waals surface area (Å²) >= 11 is 0. The van der Waals surface area contributed by atoms with Crippen LogP contribution in [0.5, 0.6) is 0 Å². The summed E-state index contributed by atoms with van der Waals surface area (Å²) in [6, 6.07) is 8.44. The maximum atomic E-state index is 12.2. The van der Waals surface area contributed by atoms with E-state index in [9.17, 15) is 8.42 Å². The molecule has 2 N–H and O–H groups in total. The van der Waals surface area contributed by atoms with E-state index in [0.717, 1.165) is 19.3 Å². The molecule has 0 aliphatic carbocycles. The van der Waals surface area contributed by atoms with Gasteiger partial charge in [0.25, 0.3) is 0 Å².